The Hall–Kier alpha value is -1.09. The largest absolute Gasteiger partial charge is 0.393 e. The number of aromatic nitrogens is 1. The van der Waals surface area contributed by atoms with Crippen LogP contribution in [0.5, 0.6) is 0 Å². The SMILES string of the molecule is O=c1ccn(C2CC(O)CCC23CCCC3)cc1. The molecule has 0 aromatic carbocycles. The first-order chi connectivity index (χ1) is 8.70. The minimum Gasteiger partial charge on any atom is -0.393 e. The first-order valence-electron chi connectivity index (χ1n) is 7.06. The van der Waals surface area contributed by atoms with E-state index in [0.717, 1.165) is 19.3 Å². The molecule has 0 radical (unpaired) electrons. The van der Waals surface area contributed by atoms with E-state index in [0.29, 0.717) is 11.5 Å². The van der Waals surface area contributed by atoms with Crippen LogP contribution in [0.1, 0.15) is 51.0 Å². The van der Waals surface area contributed by atoms with Crippen LogP contribution in [-0.4, -0.2) is 15.8 Å². The van der Waals surface area contributed by atoms with Crippen molar-refractivity contribution in [3.8, 4) is 0 Å². The van der Waals surface area contributed by atoms with Crippen LogP contribution in [0, 0.1) is 5.41 Å². The molecule has 3 heteroatoms. The summed E-state index contributed by atoms with van der Waals surface area (Å²) < 4.78 is 2.16. The zero-order valence-electron chi connectivity index (χ0n) is 10.7. The Bertz CT molecular complexity index is 453. The Kier molecular flexibility index (Phi) is 3.02. The molecule has 0 aliphatic heterocycles. The zero-order valence-corrected chi connectivity index (χ0v) is 10.7. The van der Waals surface area contributed by atoms with Gasteiger partial charge in [0.2, 0.25) is 0 Å². The van der Waals surface area contributed by atoms with E-state index in [1.807, 2.05) is 12.4 Å². The molecule has 2 aliphatic rings. The van der Waals surface area contributed by atoms with E-state index in [1.54, 1.807) is 12.1 Å². The van der Waals surface area contributed by atoms with Gasteiger partial charge in [0.15, 0.2) is 5.43 Å². The van der Waals surface area contributed by atoms with E-state index in [2.05, 4.69) is 4.57 Å². The summed E-state index contributed by atoms with van der Waals surface area (Å²) >= 11 is 0. The molecule has 2 aliphatic carbocycles. The van der Waals surface area contributed by atoms with Crippen LogP contribution in [0.15, 0.2) is 29.3 Å². The highest BCUT2D eigenvalue weighted by Gasteiger charge is 2.45. The Labute approximate surface area is 107 Å². The summed E-state index contributed by atoms with van der Waals surface area (Å²) in [6.45, 7) is 0. The highest BCUT2D eigenvalue weighted by Crippen LogP contribution is 2.54. The Balaban J connectivity index is 1.94. The lowest BCUT2D eigenvalue weighted by Crippen LogP contribution is -2.38. The lowest BCUT2D eigenvalue weighted by molar-refractivity contribution is 0.0173. The maximum atomic E-state index is 11.2. The van der Waals surface area contributed by atoms with Gasteiger partial charge in [0, 0.05) is 30.6 Å². The highest BCUT2D eigenvalue weighted by molar-refractivity contribution is 5.03. The number of nitrogens with zero attached hydrogens (tertiary/aromatic N) is 1. The van der Waals surface area contributed by atoms with Crippen molar-refractivity contribution < 1.29 is 5.11 Å². The molecule has 0 amide bonds. The fourth-order valence-corrected chi connectivity index (χ4v) is 3.98. The molecule has 2 unspecified atom stereocenters. The number of pyridine rings is 1. The Morgan fingerprint density at radius 2 is 1.83 bits per heavy atom. The molecule has 98 valence electrons. The van der Waals surface area contributed by atoms with Crippen LogP contribution in [-0.2, 0) is 0 Å². The van der Waals surface area contributed by atoms with E-state index in [1.165, 1.54) is 25.7 Å². The van der Waals surface area contributed by atoms with E-state index >= 15 is 0 Å². The molecule has 0 bridgehead atoms. The van der Waals surface area contributed by atoms with Crippen molar-refractivity contribution in [2.24, 2.45) is 5.41 Å². The summed E-state index contributed by atoms with van der Waals surface area (Å²) in [4.78, 5) is 11.2. The van der Waals surface area contributed by atoms with E-state index in [-0.39, 0.29) is 11.5 Å². The second-order valence-corrected chi connectivity index (χ2v) is 5.99. The number of aliphatic hydroxyl groups excluding tert-OH is 1. The first kappa shape index (κ1) is 12.0. The lowest BCUT2D eigenvalue weighted by Gasteiger charge is -2.44. The van der Waals surface area contributed by atoms with Gasteiger partial charge >= 0.3 is 0 Å². The maximum Gasteiger partial charge on any atom is 0.181 e. The van der Waals surface area contributed by atoms with Gasteiger partial charge in [-0.25, -0.2) is 0 Å². The van der Waals surface area contributed by atoms with E-state index < -0.39 is 0 Å². The third kappa shape index (κ3) is 2.01. The lowest BCUT2D eigenvalue weighted by atomic mass is 9.68. The van der Waals surface area contributed by atoms with Gasteiger partial charge < -0.3 is 9.67 Å². The van der Waals surface area contributed by atoms with Gasteiger partial charge in [-0.15, -0.1) is 0 Å². The van der Waals surface area contributed by atoms with Gasteiger partial charge in [-0.3, -0.25) is 4.79 Å². The summed E-state index contributed by atoms with van der Waals surface area (Å²) in [6.07, 6.45) is 11.7. The molecule has 3 rings (SSSR count). The molecule has 18 heavy (non-hydrogen) atoms. The van der Waals surface area contributed by atoms with Gasteiger partial charge in [0.25, 0.3) is 0 Å². The van der Waals surface area contributed by atoms with Crippen molar-refractivity contribution in [3.05, 3.63) is 34.7 Å². The summed E-state index contributed by atoms with van der Waals surface area (Å²) in [5, 5.41) is 9.96. The number of aliphatic hydroxyl groups is 1. The highest BCUT2D eigenvalue weighted by atomic mass is 16.3. The summed E-state index contributed by atoms with van der Waals surface area (Å²) in [6, 6.07) is 3.62. The zero-order chi connectivity index (χ0) is 12.6. The Morgan fingerprint density at radius 1 is 1.17 bits per heavy atom. The molecule has 1 spiro atoms. The van der Waals surface area contributed by atoms with Gasteiger partial charge in [-0.2, -0.15) is 0 Å². The van der Waals surface area contributed by atoms with Gasteiger partial charge in [0.1, 0.15) is 0 Å². The molecule has 3 nitrogen and oxygen atoms in total. The fraction of sp³-hybridized carbons (Fsp3) is 0.667. The molecule has 1 aromatic heterocycles. The number of rotatable bonds is 1. The molecule has 1 heterocycles. The topological polar surface area (TPSA) is 42.2 Å². The van der Waals surface area contributed by atoms with Crippen molar-refractivity contribution >= 4 is 0 Å². The van der Waals surface area contributed by atoms with Crippen molar-refractivity contribution in [1.82, 2.24) is 4.57 Å². The second-order valence-electron chi connectivity index (χ2n) is 5.99. The summed E-state index contributed by atoms with van der Waals surface area (Å²) in [5.74, 6) is 0. The van der Waals surface area contributed by atoms with Crippen molar-refractivity contribution in [2.45, 2.75) is 57.1 Å². The molecule has 1 N–H and O–H groups in total. The monoisotopic (exact) mass is 247 g/mol. The number of hydrogen-bond donors (Lipinski definition) is 1. The minimum absolute atomic E-state index is 0.0584. The quantitative estimate of drug-likeness (QED) is 0.828. The van der Waals surface area contributed by atoms with Crippen LogP contribution in [0.25, 0.3) is 0 Å². The molecular formula is C15H21NO2. The third-order valence-electron chi connectivity index (χ3n) is 4.96. The predicted molar refractivity (Wildman–Crippen MR) is 70.5 cm³/mol. The average molecular weight is 247 g/mol. The molecule has 1 aromatic rings. The third-order valence-corrected chi connectivity index (χ3v) is 4.96. The molecular weight excluding hydrogens is 226 g/mol. The smallest absolute Gasteiger partial charge is 0.181 e. The van der Waals surface area contributed by atoms with Gasteiger partial charge in [-0.1, -0.05) is 12.8 Å². The van der Waals surface area contributed by atoms with Crippen LogP contribution < -0.4 is 5.43 Å². The first-order valence-corrected chi connectivity index (χ1v) is 7.06. The Morgan fingerprint density at radius 3 is 2.50 bits per heavy atom. The molecule has 0 saturated heterocycles. The van der Waals surface area contributed by atoms with Gasteiger partial charge in [-0.05, 0) is 37.5 Å². The molecule has 2 fully saturated rings. The van der Waals surface area contributed by atoms with Crippen LogP contribution in [0.2, 0.25) is 0 Å². The predicted octanol–water partition coefficient (Wildman–Crippen LogP) is 2.49. The summed E-state index contributed by atoms with van der Waals surface area (Å²) in [5.41, 5.74) is 0.428. The second kappa shape index (κ2) is 4.54. The van der Waals surface area contributed by atoms with Crippen molar-refractivity contribution in [1.29, 1.82) is 0 Å². The summed E-state index contributed by atoms with van der Waals surface area (Å²) in [7, 11) is 0. The average Bonchev–Trinajstić information content (AvgIpc) is 2.83. The number of hydrogen-bond acceptors (Lipinski definition) is 2. The van der Waals surface area contributed by atoms with E-state index in [9.17, 15) is 9.90 Å². The van der Waals surface area contributed by atoms with Crippen LogP contribution in [0.4, 0.5) is 0 Å². The standard InChI is InChI=1S/C15H21NO2/c17-12-4-9-16(10-5-12)14-11-13(18)3-8-15(14)6-1-2-7-15/h4-5,9-10,13-14,18H,1-3,6-8,11H2. The van der Waals surface area contributed by atoms with Crippen molar-refractivity contribution in [3.63, 3.8) is 0 Å². The van der Waals surface area contributed by atoms with Crippen LogP contribution >= 0.6 is 0 Å². The van der Waals surface area contributed by atoms with Gasteiger partial charge in [0.05, 0.1) is 6.10 Å². The molecule has 2 saturated carbocycles. The van der Waals surface area contributed by atoms with Crippen molar-refractivity contribution in [2.75, 3.05) is 0 Å². The van der Waals surface area contributed by atoms with Crippen LogP contribution in [0.3, 0.4) is 0 Å². The molecule has 2 atom stereocenters. The maximum absolute atomic E-state index is 11.2. The normalized spacial score (nSPS) is 30.7. The minimum atomic E-state index is -0.180. The van der Waals surface area contributed by atoms with E-state index in [4.69, 9.17) is 0 Å². The fourth-order valence-electron chi connectivity index (χ4n) is 3.98.